The van der Waals surface area contributed by atoms with Crippen LogP contribution in [0.3, 0.4) is 0 Å². The summed E-state index contributed by atoms with van der Waals surface area (Å²) in [5.41, 5.74) is 0.169. The van der Waals surface area contributed by atoms with Crippen molar-refractivity contribution >= 4 is 23.5 Å². The maximum absolute atomic E-state index is 11.7. The van der Waals surface area contributed by atoms with Crippen LogP contribution in [0.4, 0.5) is 0 Å². The highest BCUT2D eigenvalue weighted by Gasteiger charge is 2.15. The van der Waals surface area contributed by atoms with Gasteiger partial charge in [0.25, 0.3) is 5.91 Å². The monoisotopic (exact) mass is 315 g/mol. The van der Waals surface area contributed by atoms with Crippen LogP contribution < -0.4 is 10.1 Å². The summed E-state index contributed by atoms with van der Waals surface area (Å²) in [6.07, 6.45) is 0. The molecule has 0 spiro atoms. The zero-order valence-corrected chi connectivity index (χ0v) is 12.9. The molecule has 0 aliphatic rings. The molecule has 0 aliphatic heterocycles. The highest BCUT2D eigenvalue weighted by Crippen LogP contribution is 2.23. The number of hydrogen-bond donors (Lipinski definition) is 1. The van der Waals surface area contributed by atoms with Crippen LogP contribution in [0.2, 0.25) is 5.02 Å². The second kappa shape index (κ2) is 8.49. The van der Waals surface area contributed by atoms with Crippen LogP contribution in [0.5, 0.6) is 5.75 Å². The molecule has 7 heteroatoms. The predicted molar refractivity (Wildman–Crippen MR) is 77.8 cm³/mol. The van der Waals surface area contributed by atoms with E-state index in [0.29, 0.717) is 11.6 Å². The Balaban J connectivity index is 2.67. The lowest BCUT2D eigenvalue weighted by atomic mass is 10.2. The average Bonchev–Trinajstić information content (AvgIpc) is 2.45. The molecule has 1 aromatic carbocycles. The van der Waals surface area contributed by atoms with E-state index in [1.807, 2.05) is 6.92 Å². The van der Waals surface area contributed by atoms with Gasteiger partial charge in [0.15, 0.2) is 6.61 Å². The number of hydrogen-bond acceptors (Lipinski definition) is 5. The van der Waals surface area contributed by atoms with Crippen molar-refractivity contribution in [2.24, 2.45) is 0 Å². The van der Waals surface area contributed by atoms with E-state index in [0.717, 1.165) is 0 Å². The number of benzene rings is 1. The maximum atomic E-state index is 11.7. The molecule has 0 saturated heterocycles. The standard InChI is InChI=1S/C14H18ClNO5/c1-9(7-19-2)16-13(17)8-21-12-5-4-10(15)6-11(12)14(18)20-3/h4-6,9H,7-8H2,1-3H3,(H,16,17)/t9-/m1/s1. The molecular formula is C14H18ClNO5. The summed E-state index contributed by atoms with van der Waals surface area (Å²) < 4.78 is 14.9. The normalized spacial score (nSPS) is 11.6. The van der Waals surface area contributed by atoms with Gasteiger partial charge >= 0.3 is 5.97 Å². The van der Waals surface area contributed by atoms with Crippen molar-refractivity contribution in [3.63, 3.8) is 0 Å². The fourth-order valence-electron chi connectivity index (χ4n) is 1.65. The fraction of sp³-hybridized carbons (Fsp3) is 0.429. The lowest BCUT2D eigenvalue weighted by molar-refractivity contribution is -0.124. The third-order valence-corrected chi connectivity index (χ3v) is 2.76. The third kappa shape index (κ3) is 5.61. The summed E-state index contributed by atoms with van der Waals surface area (Å²) in [7, 11) is 2.81. The first-order chi connectivity index (χ1) is 9.97. The van der Waals surface area contributed by atoms with Crippen molar-refractivity contribution in [1.29, 1.82) is 0 Å². The van der Waals surface area contributed by atoms with E-state index in [-0.39, 0.29) is 29.9 Å². The number of halogens is 1. The molecule has 1 amide bonds. The Labute approximate surface area is 128 Å². The summed E-state index contributed by atoms with van der Waals surface area (Å²) in [6.45, 7) is 1.99. The van der Waals surface area contributed by atoms with E-state index >= 15 is 0 Å². The SMILES string of the molecule is COC[C@@H](C)NC(=O)COc1ccc(Cl)cc1C(=O)OC. The molecule has 1 atom stereocenters. The van der Waals surface area contributed by atoms with Crippen LogP contribution in [0.15, 0.2) is 18.2 Å². The zero-order valence-electron chi connectivity index (χ0n) is 12.1. The summed E-state index contributed by atoms with van der Waals surface area (Å²) in [5.74, 6) is -0.660. The molecule has 0 heterocycles. The van der Waals surface area contributed by atoms with Crippen molar-refractivity contribution in [2.45, 2.75) is 13.0 Å². The Hall–Kier alpha value is -1.79. The first-order valence-electron chi connectivity index (χ1n) is 6.27. The van der Waals surface area contributed by atoms with Crippen molar-refractivity contribution < 1.29 is 23.8 Å². The van der Waals surface area contributed by atoms with Crippen LogP contribution >= 0.6 is 11.6 Å². The molecule has 1 rings (SSSR count). The van der Waals surface area contributed by atoms with Gasteiger partial charge in [-0.15, -0.1) is 0 Å². The molecule has 1 aromatic rings. The lowest BCUT2D eigenvalue weighted by Crippen LogP contribution is -2.38. The number of rotatable bonds is 7. The minimum Gasteiger partial charge on any atom is -0.483 e. The van der Waals surface area contributed by atoms with Gasteiger partial charge in [-0.05, 0) is 25.1 Å². The summed E-state index contributed by atoms with van der Waals surface area (Å²) >= 11 is 5.83. The molecule has 21 heavy (non-hydrogen) atoms. The van der Waals surface area contributed by atoms with E-state index in [9.17, 15) is 9.59 Å². The van der Waals surface area contributed by atoms with E-state index in [1.165, 1.54) is 19.2 Å². The minimum atomic E-state index is -0.583. The number of methoxy groups -OCH3 is 2. The Morgan fingerprint density at radius 2 is 2.05 bits per heavy atom. The van der Waals surface area contributed by atoms with Crippen molar-refractivity contribution in [3.8, 4) is 5.75 Å². The van der Waals surface area contributed by atoms with Gasteiger partial charge in [0.1, 0.15) is 11.3 Å². The minimum absolute atomic E-state index is 0.128. The van der Waals surface area contributed by atoms with Crippen molar-refractivity contribution in [1.82, 2.24) is 5.32 Å². The molecule has 1 N–H and O–H groups in total. The molecule has 116 valence electrons. The van der Waals surface area contributed by atoms with Crippen molar-refractivity contribution in [3.05, 3.63) is 28.8 Å². The van der Waals surface area contributed by atoms with Gasteiger partial charge in [-0.2, -0.15) is 0 Å². The van der Waals surface area contributed by atoms with Gasteiger partial charge in [-0.3, -0.25) is 4.79 Å². The Kier molecular flexibility index (Phi) is 6.98. The Bertz CT molecular complexity index is 506. The fourth-order valence-corrected chi connectivity index (χ4v) is 1.82. The van der Waals surface area contributed by atoms with Gasteiger partial charge in [0.2, 0.25) is 0 Å². The third-order valence-electron chi connectivity index (χ3n) is 2.53. The van der Waals surface area contributed by atoms with Gasteiger partial charge in [0.05, 0.1) is 13.7 Å². The molecule has 0 fully saturated rings. The topological polar surface area (TPSA) is 73.9 Å². The number of carbonyl (C=O) groups is 2. The highest BCUT2D eigenvalue weighted by molar-refractivity contribution is 6.31. The van der Waals surface area contributed by atoms with Gasteiger partial charge in [0, 0.05) is 18.2 Å². The van der Waals surface area contributed by atoms with Crippen LogP contribution in [-0.4, -0.2) is 45.4 Å². The Morgan fingerprint density at radius 1 is 1.33 bits per heavy atom. The van der Waals surface area contributed by atoms with Gasteiger partial charge in [-0.1, -0.05) is 11.6 Å². The molecule has 6 nitrogen and oxygen atoms in total. The van der Waals surface area contributed by atoms with Crippen LogP contribution in [0.25, 0.3) is 0 Å². The van der Waals surface area contributed by atoms with E-state index in [1.54, 1.807) is 13.2 Å². The van der Waals surface area contributed by atoms with E-state index < -0.39 is 5.97 Å². The number of nitrogens with one attached hydrogen (secondary N) is 1. The number of ether oxygens (including phenoxy) is 3. The van der Waals surface area contributed by atoms with Crippen LogP contribution in [0.1, 0.15) is 17.3 Å². The van der Waals surface area contributed by atoms with Crippen molar-refractivity contribution in [2.75, 3.05) is 27.4 Å². The number of esters is 1. The zero-order chi connectivity index (χ0) is 15.8. The highest BCUT2D eigenvalue weighted by atomic mass is 35.5. The first kappa shape index (κ1) is 17.3. The maximum Gasteiger partial charge on any atom is 0.341 e. The van der Waals surface area contributed by atoms with E-state index in [4.69, 9.17) is 21.1 Å². The average molecular weight is 316 g/mol. The molecule has 0 unspecified atom stereocenters. The molecule has 0 aliphatic carbocycles. The van der Waals surface area contributed by atoms with Gasteiger partial charge < -0.3 is 19.5 Å². The van der Waals surface area contributed by atoms with Crippen LogP contribution in [-0.2, 0) is 14.3 Å². The second-order valence-electron chi connectivity index (χ2n) is 4.34. The first-order valence-corrected chi connectivity index (χ1v) is 6.64. The smallest absolute Gasteiger partial charge is 0.341 e. The molecule has 0 saturated carbocycles. The summed E-state index contributed by atoms with van der Waals surface area (Å²) in [6, 6.07) is 4.38. The van der Waals surface area contributed by atoms with Gasteiger partial charge in [-0.25, -0.2) is 4.79 Å². The molecule has 0 radical (unpaired) electrons. The largest absolute Gasteiger partial charge is 0.483 e. The summed E-state index contributed by atoms with van der Waals surface area (Å²) in [4.78, 5) is 23.3. The Morgan fingerprint density at radius 3 is 2.67 bits per heavy atom. The molecule has 0 aromatic heterocycles. The molecular weight excluding hydrogens is 298 g/mol. The van der Waals surface area contributed by atoms with E-state index in [2.05, 4.69) is 10.1 Å². The quantitative estimate of drug-likeness (QED) is 0.775. The number of carbonyl (C=O) groups excluding carboxylic acids is 2. The lowest BCUT2D eigenvalue weighted by Gasteiger charge is -2.14. The second-order valence-corrected chi connectivity index (χ2v) is 4.78. The predicted octanol–water partition coefficient (Wildman–Crippen LogP) is 1.66. The van der Waals surface area contributed by atoms with Crippen LogP contribution in [0, 0.1) is 0 Å². The number of amides is 1. The summed E-state index contributed by atoms with van der Waals surface area (Å²) in [5, 5.41) is 3.07. The molecule has 0 bridgehead atoms.